The fourth-order valence-electron chi connectivity index (χ4n) is 0.667. The first kappa shape index (κ1) is 11.9. The number of ether oxygens (including phenoxy) is 3. The smallest absolute Gasteiger partial charge is 0.349 e. The van der Waals surface area contributed by atoms with E-state index in [1.807, 2.05) is 0 Å². The van der Waals surface area contributed by atoms with Crippen molar-refractivity contribution in [2.24, 2.45) is 0 Å². The Balaban J connectivity index is 3.77. The van der Waals surface area contributed by atoms with E-state index >= 15 is 0 Å². The van der Waals surface area contributed by atoms with Crippen LogP contribution in [0.4, 0.5) is 0 Å². The van der Waals surface area contributed by atoms with Gasteiger partial charge in [-0.1, -0.05) is 0 Å². The van der Waals surface area contributed by atoms with E-state index in [1.54, 1.807) is 13.8 Å². The monoisotopic (exact) mass is 190 g/mol. The number of rotatable bonds is 6. The molecule has 0 saturated heterocycles. The second kappa shape index (κ2) is 6.42. The molecule has 0 aliphatic heterocycles. The highest BCUT2D eigenvalue weighted by Crippen LogP contribution is 1.99. The third-order valence-corrected chi connectivity index (χ3v) is 1.28. The van der Waals surface area contributed by atoms with Crippen molar-refractivity contribution in [2.75, 3.05) is 6.61 Å². The van der Waals surface area contributed by atoms with Crippen molar-refractivity contribution in [3.63, 3.8) is 0 Å². The summed E-state index contributed by atoms with van der Waals surface area (Å²) in [6.07, 6.45) is -1.50. The molecule has 0 aliphatic rings. The molecule has 2 unspecified atom stereocenters. The van der Waals surface area contributed by atoms with Crippen LogP contribution in [0.2, 0.25) is 0 Å². The summed E-state index contributed by atoms with van der Waals surface area (Å²) in [6, 6.07) is 0. The van der Waals surface area contributed by atoms with Crippen molar-refractivity contribution in [2.45, 2.75) is 33.2 Å². The second-order valence-corrected chi connectivity index (χ2v) is 2.33. The molecule has 0 bridgehead atoms. The van der Waals surface area contributed by atoms with Gasteiger partial charge in [0.1, 0.15) is 0 Å². The predicted molar refractivity (Wildman–Crippen MR) is 43.8 cm³/mol. The van der Waals surface area contributed by atoms with E-state index in [1.165, 1.54) is 6.92 Å². The Hall–Kier alpha value is -1.10. The van der Waals surface area contributed by atoms with Crippen LogP contribution in [-0.4, -0.2) is 31.4 Å². The Morgan fingerprint density at radius 1 is 1.46 bits per heavy atom. The Kier molecular flexibility index (Phi) is 5.88. The summed E-state index contributed by atoms with van der Waals surface area (Å²) in [5.41, 5.74) is 0. The molecule has 0 aromatic rings. The first-order valence-corrected chi connectivity index (χ1v) is 4.03. The molecule has 0 aromatic heterocycles. The maximum absolute atomic E-state index is 11.0. The van der Waals surface area contributed by atoms with Gasteiger partial charge in [-0.05, 0) is 20.8 Å². The number of hydrogen-bond acceptors (Lipinski definition) is 5. The Morgan fingerprint density at radius 2 is 2.08 bits per heavy atom. The summed E-state index contributed by atoms with van der Waals surface area (Å²) < 4.78 is 14.1. The van der Waals surface area contributed by atoms with Gasteiger partial charge in [-0.15, -0.1) is 0 Å². The summed E-state index contributed by atoms with van der Waals surface area (Å²) >= 11 is 0. The quantitative estimate of drug-likeness (QED) is 0.346. The molecule has 0 spiro atoms. The van der Waals surface area contributed by atoms with Gasteiger partial charge in [-0.3, -0.25) is 4.79 Å². The normalized spacial score (nSPS) is 14.4. The van der Waals surface area contributed by atoms with E-state index in [-0.39, 0.29) is 6.47 Å². The van der Waals surface area contributed by atoms with E-state index in [0.29, 0.717) is 6.61 Å². The average Bonchev–Trinajstić information content (AvgIpc) is 2.05. The van der Waals surface area contributed by atoms with Gasteiger partial charge in [0.05, 0.1) is 0 Å². The third kappa shape index (κ3) is 5.19. The lowest BCUT2D eigenvalue weighted by atomic mass is 10.4. The molecule has 0 aromatic carbocycles. The van der Waals surface area contributed by atoms with Crippen LogP contribution in [0.25, 0.3) is 0 Å². The minimum Gasteiger partial charge on any atom is -0.453 e. The highest BCUT2D eigenvalue weighted by atomic mass is 16.7. The fourth-order valence-corrected chi connectivity index (χ4v) is 0.667. The zero-order chi connectivity index (χ0) is 10.3. The SMILES string of the molecule is CCOC(C)OC(=O)C(C)OC=O. The molecular formula is C8H14O5. The number of carbonyl (C=O) groups is 2. The largest absolute Gasteiger partial charge is 0.453 e. The van der Waals surface area contributed by atoms with Gasteiger partial charge in [-0.2, -0.15) is 0 Å². The van der Waals surface area contributed by atoms with Gasteiger partial charge < -0.3 is 14.2 Å². The zero-order valence-corrected chi connectivity index (χ0v) is 7.98. The minimum absolute atomic E-state index is 0.206. The van der Waals surface area contributed by atoms with Gasteiger partial charge in [-0.25, -0.2) is 4.79 Å². The topological polar surface area (TPSA) is 61.8 Å². The van der Waals surface area contributed by atoms with Gasteiger partial charge in [0.2, 0.25) is 0 Å². The van der Waals surface area contributed by atoms with E-state index in [0.717, 1.165) is 0 Å². The van der Waals surface area contributed by atoms with Crippen molar-refractivity contribution in [3.8, 4) is 0 Å². The molecule has 13 heavy (non-hydrogen) atoms. The molecule has 0 amide bonds. The minimum atomic E-state index is -0.889. The highest BCUT2D eigenvalue weighted by molar-refractivity contribution is 5.75. The van der Waals surface area contributed by atoms with Crippen LogP contribution < -0.4 is 0 Å². The van der Waals surface area contributed by atoms with Crippen LogP contribution >= 0.6 is 0 Å². The molecule has 0 heterocycles. The van der Waals surface area contributed by atoms with Crippen LogP contribution in [0, 0.1) is 0 Å². The van der Waals surface area contributed by atoms with Crippen LogP contribution in [-0.2, 0) is 23.8 Å². The van der Waals surface area contributed by atoms with E-state index in [2.05, 4.69) is 4.74 Å². The molecule has 5 nitrogen and oxygen atoms in total. The number of hydrogen-bond donors (Lipinski definition) is 0. The maximum Gasteiger partial charge on any atom is 0.349 e. The van der Waals surface area contributed by atoms with Gasteiger partial charge in [0.15, 0.2) is 12.4 Å². The molecule has 0 rings (SSSR count). The molecule has 2 atom stereocenters. The van der Waals surface area contributed by atoms with Crippen LogP contribution in [0.1, 0.15) is 20.8 Å². The maximum atomic E-state index is 11.0. The molecule has 76 valence electrons. The van der Waals surface area contributed by atoms with Crippen molar-refractivity contribution in [1.29, 1.82) is 0 Å². The lowest BCUT2D eigenvalue weighted by Crippen LogP contribution is -2.27. The highest BCUT2D eigenvalue weighted by Gasteiger charge is 2.17. The Labute approximate surface area is 77.0 Å². The van der Waals surface area contributed by atoms with Crippen molar-refractivity contribution in [3.05, 3.63) is 0 Å². The number of esters is 1. The van der Waals surface area contributed by atoms with Crippen LogP contribution in [0.15, 0.2) is 0 Å². The lowest BCUT2D eigenvalue weighted by molar-refractivity contribution is -0.185. The summed E-state index contributed by atoms with van der Waals surface area (Å²) in [5.74, 6) is -0.618. The van der Waals surface area contributed by atoms with Crippen LogP contribution in [0.3, 0.4) is 0 Å². The fraction of sp³-hybridized carbons (Fsp3) is 0.750. The molecular weight excluding hydrogens is 176 g/mol. The summed E-state index contributed by atoms with van der Waals surface area (Å²) in [5, 5.41) is 0. The molecule has 0 radical (unpaired) electrons. The van der Waals surface area contributed by atoms with Gasteiger partial charge >= 0.3 is 5.97 Å². The van der Waals surface area contributed by atoms with Gasteiger partial charge in [0, 0.05) is 6.61 Å². The Morgan fingerprint density at radius 3 is 2.54 bits per heavy atom. The van der Waals surface area contributed by atoms with Crippen LogP contribution in [0.5, 0.6) is 0 Å². The van der Waals surface area contributed by atoms with Crippen molar-refractivity contribution in [1.82, 2.24) is 0 Å². The molecule has 0 N–H and O–H groups in total. The standard InChI is InChI=1S/C8H14O5/c1-4-11-7(3)13-8(10)6(2)12-5-9/h5-7H,4H2,1-3H3. The first-order chi connectivity index (χ1) is 6.11. The first-order valence-electron chi connectivity index (χ1n) is 4.03. The summed E-state index contributed by atoms with van der Waals surface area (Å²) in [7, 11) is 0. The summed E-state index contributed by atoms with van der Waals surface area (Å²) in [6.45, 7) is 5.47. The number of carbonyl (C=O) groups excluding carboxylic acids is 2. The second-order valence-electron chi connectivity index (χ2n) is 2.33. The molecule has 0 fully saturated rings. The van der Waals surface area contributed by atoms with Crippen molar-refractivity contribution >= 4 is 12.4 Å². The Bertz CT molecular complexity index is 168. The van der Waals surface area contributed by atoms with Crippen molar-refractivity contribution < 1.29 is 23.8 Å². The van der Waals surface area contributed by atoms with Gasteiger partial charge in [0.25, 0.3) is 6.47 Å². The summed E-state index contributed by atoms with van der Waals surface area (Å²) in [4.78, 5) is 20.9. The van der Waals surface area contributed by atoms with E-state index in [4.69, 9.17) is 9.47 Å². The zero-order valence-electron chi connectivity index (χ0n) is 7.98. The van der Waals surface area contributed by atoms with E-state index in [9.17, 15) is 9.59 Å². The van der Waals surface area contributed by atoms with E-state index < -0.39 is 18.4 Å². The lowest BCUT2D eigenvalue weighted by Gasteiger charge is -2.15. The average molecular weight is 190 g/mol. The molecule has 0 saturated carbocycles. The molecule has 5 heteroatoms. The third-order valence-electron chi connectivity index (χ3n) is 1.28. The predicted octanol–water partition coefficient (Wildman–Crippen LogP) is 0.474. The molecule has 0 aliphatic carbocycles.